The lowest BCUT2D eigenvalue weighted by molar-refractivity contribution is -0.149. The predicted octanol–water partition coefficient (Wildman–Crippen LogP) is 3.45. The Kier molecular flexibility index (Phi) is 30.1. The summed E-state index contributed by atoms with van der Waals surface area (Å²) in [6, 6.07) is 1.53. The number of likely N-dealkylation sites (N-methyl/N-ethyl adjacent to an activating group) is 2. The Morgan fingerprint density at radius 1 is 0.857 bits per heavy atom. The van der Waals surface area contributed by atoms with E-state index in [0.29, 0.717) is 42.8 Å². The van der Waals surface area contributed by atoms with Crippen LogP contribution in [0.15, 0.2) is 35.7 Å². The van der Waals surface area contributed by atoms with Crippen LogP contribution in [-0.2, 0) is 63.8 Å². The number of nitrogens with zero attached hydrogens (tertiary/aromatic N) is 4. The van der Waals surface area contributed by atoms with Crippen LogP contribution in [0.3, 0.4) is 0 Å². The quantitative estimate of drug-likeness (QED) is 0.0206. The molecule has 26 heteroatoms. The summed E-state index contributed by atoms with van der Waals surface area (Å²) >= 11 is 1.08. The molecule has 3 rings (SSSR count). The number of carbonyl (C=O) groups is 10. The average molecular weight is 1200 g/mol. The number of amides is 8. The summed E-state index contributed by atoms with van der Waals surface area (Å²) in [4.78, 5) is 137. The second-order valence-electron chi connectivity index (χ2n) is 22.1. The van der Waals surface area contributed by atoms with E-state index in [2.05, 4.69) is 31.6 Å². The van der Waals surface area contributed by atoms with Crippen LogP contribution in [0, 0.1) is 17.8 Å². The Hall–Kier alpha value is -6.87. The van der Waals surface area contributed by atoms with Crippen molar-refractivity contribution in [3.63, 3.8) is 0 Å². The minimum atomic E-state index is -1.09. The number of esters is 1. The van der Waals surface area contributed by atoms with Gasteiger partial charge in [-0.1, -0.05) is 47.1 Å². The van der Waals surface area contributed by atoms with Gasteiger partial charge in [-0.25, -0.2) is 4.98 Å². The fraction of sp³-hybridized carbons (Fsp3) is 0.638. The number of carboxylic acid groups (broad SMARTS) is 1. The first-order chi connectivity index (χ1) is 39.6. The van der Waals surface area contributed by atoms with Gasteiger partial charge in [-0.15, -0.1) is 11.3 Å². The molecule has 7 atom stereocenters. The summed E-state index contributed by atoms with van der Waals surface area (Å²) < 4.78 is 16.9. The van der Waals surface area contributed by atoms with Gasteiger partial charge >= 0.3 is 11.9 Å². The van der Waals surface area contributed by atoms with E-state index in [1.165, 1.54) is 43.5 Å². The third-order valence-corrected chi connectivity index (χ3v) is 15.7. The highest BCUT2D eigenvalue weighted by molar-refractivity contribution is 7.09. The zero-order chi connectivity index (χ0) is 62.8. The van der Waals surface area contributed by atoms with Crippen LogP contribution < -0.4 is 32.3 Å². The molecular formula is C58H90N10O15S. The van der Waals surface area contributed by atoms with Gasteiger partial charge in [0.25, 0.3) is 17.7 Å². The molecule has 9 N–H and O–H groups in total. The number of aromatic nitrogens is 1. The van der Waals surface area contributed by atoms with Crippen LogP contribution in [-0.4, -0.2) is 186 Å². The molecule has 0 aliphatic carbocycles. The van der Waals surface area contributed by atoms with Gasteiger partial charge in [-0.05, 0) is 103 Å². The number of ether oxygens (including phenoxy) is 3. The average Bonchev–Trinajstić information content (AvgIpc) is 3.71. The van der Waals surface area contributed by atoms with Gasteiger partial charge in [0.15, 0.2) is 6.10 Å². The van der Waals surface area contributed by atoms with E-state index in [0.717, 1.165) is 16.2 Å². The van der Waals surface area contributed by atoms with E-state index in [1.54, 1.807) is 50.9 Å². The van der Waals surface area contributed by atoms with Crippen molar-refractivity contribution in [1.82, 2.24) is 41.0 Å². The highest BCUT2D eigenvalue weighted by Gasteiger charge is 2.39. The monoisotopic (exact) mass is 1200 g/mol. The molecule has 25 nitrogen and oxygen atoms in total. The molecule has 0 spiro atoms. The number of hydrogen-bond donors (Lipinski definition) is 8. The molecular weight excluding hydrogens is 1110 g/mol. The fourth-order valence-electron chi connectivity index (χ4n) is 8.84. The first-order valence-corrected chi connectivity index (χ1v) is 29.5. The SMILES string of the molecule is CC[C@H](C)[C@H](NC(=O)C(C)(C)N(C)C)C(=O)N(C)C(C[C@@H](OC(C)=O)c1nc(C(=O)N[C@@H](Cc2ccc(O)c(NC(=O)CCOCCOCCNC(=O)[C@H](CCCCN)NC(=O)CCCN3C(=O)C=CC3=O)c2)CC(C)C(=O)O)cs1)C(C)C. The normalized spacial score (nSPS) is 15.0. The Labute approximate surface area is 496 Å². The maximum atomic E-state index is 14.3. The number of hydrogen-bond acceptors (Lipinski definition) is 18. The first-order valence-electron chi connectivity index (χ1n) is 28.6. The molecule has 2 aromatic rings. The zero-order valence-corrected chi connectivity index (χ0v) is 51.4. The van der Waals surface area contributed by atoms with Gasteiger partial charge in [0.05, 0.1) is 50.0 Å². The largest absolute Gasteiger partial charge is 0.506 e. The van der Waals surface area contributed by atoms with Gasteiger partial charge in [-0.3, -0.25) is 57.7 Å². The summed E-state index contributed by atoms with van der Waals surface area (Å²) in [6.45, 7) is 15.0. The Morgan fingerprint density at radius 3 is 2.13 bits per heavy atom. The lowest BCUT2D eigenvalue weighted by Crippen LogP contribution is -2.60. The number of phenolic OH excluding ortho intramolecular Hbond substituents is 1. The predicted molar refractivity (Wildman–Crippen MR) is 314 cm³/mol. The van der Waals surface area contributed by atoms with Crippen molar-refractivity contribution in [2.24, 2.45) is 23.5 Å². The third-order valence-electron chi connectivity index (χ3n) is 14.7. The van der Waals surface area contributed by atoms with E-state index in [9.17, 15) is 58.2 Å². The Bertz CT molecular complexity index is 2570. The number of carbonyl (C=O) groups excluding carboxylic acids is 9. The van der Waals surface area contributed by atoms with Crippen LogP contribution in [0.25, 0.3) is 0 Å². The molecule has 0 saturated heterocycles. The van der Waals surface area contributed by atoms with Crippen LogP contribution in [0.5, 0.6) is 5.75 Å². The molecule has 8 amide bonds. The van der Waals surface area contributed by atoms with Gasteiger partial charge in [-0.2, -0.15) is 0 Å². The summed E-state index contributed by atoms with van der Waals surface area (Å²) in [5, 5.41) is 36.3. The molecule has 468 valence electrons. The molecule has 2 unspecified atom stereocenters. The van der Waals surface area contributed by atoms with Crippen molar-refractivity contribution in [1.29, 1.82) is 0 Å². The second kappa shape index (κ2) is 35.4. The van der Waals surface area contributed by atoms with E-state index in [1.807, 2.05) is 27.7 Å². The molecule has 0 fully saturated rings. The van der Waals surface area contributed by atoms with Gasteiger partial charge in [0, 0.05) is 69.5 Å². The third kappa shape index (κ3) is 23.3. The summed E-state index contributed by atoms with van der Waals surface area (Å²) in [5.74, 6) is -6.58. The minimum absolute atomic E-state index is 0.000588. The lowest BCUT2D eigenvalue weighted by atomic mass is 9.92. The fourth-order valence-corrected chi connectivity index (χ4v) is 9.68. The number of rotatable bonds is 39. The molecule has 2 heterocycles. The van der Waals surface area contributed by atoms with Crippen LogP contribution in [0.2, 0.25) is 0 Å². The maximum Gasteiger partial charge on any atom is 0.306 e. The molecule has 1 aromatic heterocycles. The van der Waals surface area contributed by atoms with E-state index < -0.39 is 89.1 Å². The minimum Gasteiger partial charge on any atom is -0.506 e. The van der Waals surface area contributed by atoms with Gasteiger partial charge in [0.1, 0.15) is 28.5 Å². The molecule has 1 aromatic carbocycles. The van der Waals surface area contributed by atoms with Crippen molar-refractivity contribution in [2.75, 3.05) is 72.5 Å². The number of nitrogens with two attached hydrogens (primary N) is 1. The molecule has 0 saturated carbocycles. The number of nitrogens with one attached hydrogen (secondary N) is 5. The van der Waals surface area contributed by atoms with Crippen LogP contribution in [0.4, 0.5) is 5.69 Å². The smallest absolute Gasteiger partial charge is 0.306 e. The molecule has 84 heavy (non-hydrogen) atoms. The van der Waals surface area contributed by atoms with Crippen molar-refractivity contribution >= 4 is 76.2 Å². The topological polar surface area (TPSA) is 348 Å². The van der Waals surface area contributed by atoms with E-state index >= 15 is 0 Å². The molecule has 1 aliphatic rings. The van der Waals surface area contributed by atoms with Crippen LogP contribution in [0.1, 0.15) is 140 Å². The standard InChI is InChI=1S/C58H90N10O15S/c1-12-36(4)51(65-57(80)58(7,8)66(9)10)55(77)67(11)44(35(2)3)33-46(83-38(6)69)54-64-43(34-84-54)53(76)61-40(30-37(5)56(78)79)31-39-18-19-45(70)42(32-39)63-48(72)22-26-81-28-29-82-27-24-60-52(75)41(16-13-14-23-59)62-47(71)17-15-25-68-49(73)20-21-50(68)74/h18-21,32,34-37,40-41,44,46,51,70H,12-17,22-31,33,59H2,1-11H3,(H,60,75)(H,61,76)(H,62,71)(H,63,72)(H,65,80)(H,78,79)/t36-,37?,40+,41-,44?,46+,51-/m0/s1. The van der Waals surface area contributed by atoms with Crippen molar-refractivity contribution < 1.29 is 72.4 Å². The maximum absolute atomic E-state index is 14.3. The Morgan fingerprint density at radius 2 is 1.52 bits per heavy atom. The van der Waals surface area contributed by atoms with Gasteiger partial charge in [0.2, 0.25) is 29.5 Å². The van der Waals surface area contributed by atoms with Crippen molar-refractivity contribution in [3.05, 3.63) is 52.0 Å². The summed E-state index contributed by atoms with van der Waals surface area (Å²) in [5.41, 5.74) is 5.32. The number of aromatic hydroxyl groups is 1. The Balaban J connectivity index is 1.57. The highest BCUT2D eigenvalue weighted by Crippen LogP contribution is 2.32. The van der Waals surface area contributed by atoms with Crippen molar-refractivity contribution in [2.45, 2.75) is 155 Å². The van der Waals surface area contributed by atoms with Gasteiger partial charge < -0.3 is 61.6 Å². The number of benzene rings is 1. The number of imide groups is 1. The zero-order valence-electron chi connectivity index (χ0n) is 50.6. The number of carboxylic acids is 1. The van der Waals surface area contributed by atoms with Crippen molar-refractivity contribution in [3.8, 4) is 5.75 Å². The first kappa shape index (κ1) is 71.4. The second-order valence-corrected chi connectivity index (χ2v) is 23.0. The number of phenols is 1. The van der Waals surface area contributed by atoms with Crippen LogP contribution >= 0.6 is 11.3 Å². The highest BCUT2D eigenvalue weighted by atomic mass is 32.1. The lowest BCUT2D eigenvalue weighted by Gasteiger charge is -2.38. The molecule has 0 radical (unpaired) electrons. The molecule has 1 aliphatic heterocycles. The molecule has 0 bridgehead atoms. The number of anilines is 1. The summed E-state index contributed by atoms with van der Waals surface area (Å²) in [7, 11) is 5.22. The number of thiazole rings is 1. The number of aliphatic carboxylic acids is 1. The summed E-state index contributed by atoms with van der Waals surface area (Å²) in [6.07, 6.45) is 3.97. The number of unbranched alkanes of at least 4 members (excludes halogenated alkanes) is 1. The van der Waals surface area contributed by atoms with E-state index in [-0.39, 0.29) is 119 Å². The van der Waals surface area contributed by atoms with E-state index in [4.69, 9.17) is 19.9 Å².